The third-order valence-electron chi connectivity index (χ3n) is 3.14. The second kappa shape index (κ2) is 5.61. The van der Waals surface area contributed by atoms with E-state index in [9.17, 15) is 4.79 Å². The lowest BCUT2D eigenvalue weighted by atomic mass is 10.1. The SMILES string of the molecule is C=c1[nH]oc(=O)c1=Cc1ccc(N(CC)CC)cc1. The van der Waals surface area contributed by atoms with Crippen LogP contribution in [0, 0.1) is 0 Å². The number of benzene rings is 1. The molecule has 100 valence electrons. The minimum absolute atomic E-state index is 0.391. The molecule has 1 heterocycles. The van der Waals surface area contributed by atoms with E-state index in [4.69, 9.17) is 0 Å². The van der Waals surface area contributed by atoms with Gasteiger partial charge in [0.2, 0.25) is 0 Å². The molecule has 2 rings (SSSR count). The second-order valence-electron chi connectivity index (χ2n) is 4.29. The Morgan fingerprint density at radius 1 is 1.26 bits per heavy atom. The maximum atomic E-state index is 11.4. The number of rotatable bonds is 4. The minimum atomic E-state index is -0.391. The van der Waals surface area contributed by atoms with Gasteiger partial charge in [0.15, 0.2) is 0 Å². The zero-order valence-electron chi connectivity index (χ0n) is 11.3. The van der Waals surface area contributed by atoms with E-state index in [-0.39, 0.29) is 0 Å². The molecule has 0 radical (unpaired) electrons. The molecular weight excluding hydrogens is 240 g/mol. The maximum Gasteiger partial charge on any atom is 0.365 e. The first kappa shape index (κ1) is 13.2. The van der Waals surface area contributed by atoms with Crippen molar-refractivity contribution in [3.05, 3.63) is 50.8 Å². The van der Waals surface area contributed by atoms with Crippen molar-refractivity contribution in [2.75, 3.05) is 18.0 Å². The van der Waals surface area contributed by atoms with E-state index in [0.29, 0.717) is 10.6 Å². The van der Waals surface area contributed by atoms with Crippen LogP contribution < -0.4 is 21.1 Å². The van der Waals surface area contributed by atoms with E-state index < -0.39 is 5.63 Å². The van der Waals surface area contributed by atoms with Gasteiger partial charge in [-0.25, -0.2) is 9.95 Å². The summed E-state index contributed by atoms with van der Waals surface area (Å²) in [6.07, 6.45) is 1.77. The molecule has 4 heteroatoms. The Labute approximate surface area is 111 Å². The second-order valence-corrected chi connectivity index (χ2v) is 4.29. The lowest BCUT2D eigenvalue weighted by Crippen LogP contribution is -2.31. The quantitative estimate of drug-likeness (QED) is 0.892. The average molecular weight is 258 g/mol. The summed E-state index contributed by atoms with van der Waals surface area (Å²) in [6, 6.07) is 8.07. The number of nitrogens with zero attached hydrogens (tertiary/aromatic N) is 1. The highest BCUT2D eigenvalue weighted by molar-refractivity contribution is 5.55. The molecule has 0 unspecified atom stereocenters. The minimum Gasteiger partial charge on any atom is -0.372 e. The molecule has 1 aromatic heterocycles. The van der Waals surface area contributed by atoms with Crippen LogP contribution in [0.15, 0.2) is 33.6 Å². The summed E-state index contributed by atoms with van der Waals surface area (Å²) >= 11 is 0. The highest BCUT2D eigenvalue weighted by atomic mass is 16.5. The lowest BCUT2D eigenvalue weighted by Gasteiger charge is -2.20. The molecule has 2 aromatic rings. The van der Waals surface area contributed by atoms with E-state index in [2.05, 4.69) is 47.1 Å². The fourth-order valence-corrected chi connectivity index (χ4v) is 2.02. The van der Waals surface area contributed by atoms with Crippen LogP contribution in [0.3, 0.4) is 0 Å². The van der Waals surface area contributed by atoms with E-state index in [1.165, 1.54) is 5.69 Å². The first-order valence-electron chi connectivity index (χ1n) is 6.38. The van der Waals surface area contributed by atoms with Crippen molar-refractivity contribution in [2.45, 2.75) is 13.8 Å². The molecule has 0 bridgehead atoms. The fourth-order valence-electron chi connectivity index (χ4n) is 2.02. The van der Waals surface area contributed by atoms with Crippen molar-refractivity contribution in [1.29, 1.82) is 0 Å². The van der Waals surface area contributed by atoms with E-state index in [1.54, 1.807) is 6.08 Å². The number of hydrogen-bond acceptors (Lipinski definition) is 3. The van der Waals surface area contributed by atoms with Gasteiger partial charge in [-0.05, 0) is 37.6 Å². The molecule has 0 aliphatic rings. The van der Waals surface area contributed by atoms with Crippen LogP contribution in [0.5, 0.6) is 0 Å². The van der Waals surface area contributed by atoms with Crippen LogP contribution in [-0.2, 0) is 0 Å². The Bertz CT molecular complexity index is 660. The van der Waals surface area contributed by atoms with E-state index in [0.717, 1.165) is 18.7 Å². The Hall–Kier alpha value is -2.23. The lowest BCUT2D eigenvalue weighted by molar-refractivity contribution is 0.386. The van der Waals surface area contributed by atoms with Crippen molar-refractivity contribution in [1.82, 2.24) is 5.16 Å². The smallest absolute Gasteiger partial charge is 0.365 e. The fraction of sp³-hybridized carbons (Fsp3) is 0.267. The molecule has 1 N–H and O–H groups in total. The van der Waals surface area contributed by atoms with Crippen LogP contribution in [0.2, 0.25) is 0 Å². The molecular formula is C15H18N2O2. The first-order chi connectivity index (χ1) is 9.15. The summed E-state index contributed by atoms with van der Waals surface area (Å²) in [5.41, 5.74) is 1.74. The molecule has 4 nitrogen and oxygen atoms in total. The van der Waals surface area contributed by atoms with Crippen molar-refractivity contribution in [3.63, 3.8) is 0 Å². The van der Waals surface area contributed by atoms with Gasteiger partial charge in [-0.2, -0.15) is 0 Å². The monoisotopic (exact) mass is 258 g/mol. The third kappa shape index (κ3) is 2.78. The molecule has 19 heavy (non-hydrogen) atoms. The number of hydrogen-bond donors (Lipinski definition) is 1. The van der Waals surface area contributed by atoms with Gasteiger partial charge in [-0.15, -0.1) is 0 Å². The number of aromatic amines is 1. The van der Waals surface area contributed by atoms with E-state index >= 15 is 0 Å². The van der Waals surface area contributed by atoms with Crippen LogP contribution >= 0.6 is 0 Å². The average Bonchev–Trinajstić information content (AvgIpc) is 2.74. The Balaban J connectivity index is 2.37. The van der Waals surface area contributed by atoms with Crippen LogP contribution in [0.1, 0.15) is 19.4 Å². The molecule has 0 fully saturated rings. The summed E-state index contributed by atoms with van der Waals surface area (Å²) in [7, 11) is 0. The third-order valence-corrected chi connectivity index (χ3v) is 3.14. The highest BCUT2D eigenvalue weighted by Gasteiger charge is 2.01. The number of H-pyrrole nitrogens is 1. The van der Waals surface area contributed by atoms with Crippen LogP contribution in [-0.4, -0.2) is 18.2 Å². The molecule has 0 amide bonds. The first-order valence-corrected chi connectivity index (χ1v) is 6.38. The van der Waals surface area contributed by atoms with Crippen molar-refractivity contribution in [2.24, 2.45) is 0 Å². The predicted octanol–water partition coefficient (Wildman–Crippen LogP) is 1.05. The Kier molecular flexibility index (Phi) is 3.90. The molecule has 1 aromatic carbocycles. The summed E-state index contributed by atoms with van der Waals surface area (Å²) in [5.74, 6) is 0. The summed E-state index contributed by atoms with van der Waals surface area (Å²) in [5, 5.41) is 3.43. The van der Waals surface area contributed by atoms with Gasteiger partial charge in [-0.3, -0.25) is 0 Å². The Morgan fingerprint density at radius 2 is 1.89 bits per heavy atom. The van der Waals surface area contributed by atoms with Crippen LogP contribution in [0.25, 0.3) is 12.7 Å². The largest absolute Gasteiger partial charge is 0.372 e. The molecule has 0 aliphatic carbocycles. The molecule has 0 aliphatic heterocycles. The van der Waals surface area contributed by atoms with Gasteiger partial charge in [0, 0.05) is 18.8 Å². The maximum absolute atomic E-state index is 11.4. The number of nitrogens with one attached hydrogen (secondary N) is 1. The molecule has 0 saturated heterocycles. The van der Waals surface area contributed by atoms with Gasteiger partial charge < -0.3 is 9.42 Å². The molecule has 0 saturated carbocycles. The summed E-state index contributed by atoms with van der Waals surface area (Å²) in [4.78, 5) is 13.7. The van der Waals surface area contributed by atoms with Crippen molar-refractivity contribution in [3.8, 4) is 0 Å². The molecule has 0 atom stereocenters. The topological polar surface area (TPSA) is 49.2 Å². The van der Waals surface area contributed by atoms with Crippen LogP contribution in [0.4, 0.5) is 5.69 Å². The van der Waals surface area contributed by atoms with Crippen molar-refractivity contribution < 1.29 is 4.52 Å². The standard InChI is InChI=1S/C15H18N2O2/c1-4-17(5-2)13-8-6-12(7-9-13)10-14-11(3)16-19-15(14)18/h6-10,16H,3-5H2,1-2H3. The summed E-state index contributed by atoms with van der Waals surface area (Å²) < 4.78 is 4.68. The van der Waals surface area contributed by atoms with E-state index in [1.807, 2.05) is 12.1 Å². The number of anilines is 1. The van der Waals surface area contributed by atoms with Gasteiger partial charge in [-0.1, -0.05) is 18.7 Å². The normalized spacial score (nSPS) is 11.8. The van der Waals surface area contributed by atoms with Gasteiger partial charge in [0.25, 0.3) is 0 Å². The van der Waals surface area contributed by atoms with Gasteiger partial charge in [0.05, 0.1) is 10.6 Å². The predicted molar refractivity (Wildman–Crippen MR) is 77.7 cm³/mol. The van der Waals surface area contributed by atoms with Gasteiger partial charge in [0.1, 0.15) is 0 Å². The zero-order valence-corrected chi connectivity index (χ0v) is 11.3. The molecule has 0 spiro atoms. The zero-order chi connectivity index (χ0) is 13.8. The Morgan fingerprint density at radius 3 is 2.37 bits per heavy atom. The number of aromatic nitrogens is 1. The van der Waals surface area contributed by atoms with Gasteiger partial charge >= 0.3 is 5.63 Å². The highest BCUT2D eigenvalue weighted by Crippen LogP contribution is 2.14. The van der Waals surface area contributed by atoms with Crippen molar-refractivity contribution >= 4 is 18.3 Å². The summed E-state index contributed by atoms with van der Waals surface area (Å²) in [6.45, 7) is 9.93.